The largest absolute Gasteiger partial charge is 0.383 e. The van der Waals surface area contributed by atoms with Crippen LogP contribution in [-0.2, 0) is 14.8 Å². The zero-order valence-corrected chi connectivity index (χ0v) is 13.0. The molecular formula is C11H18N2O4S2. The SMILES string of the molecule is COC[C@H](C)S(=O)(=O)NC(=O)c1csc(C(C)C)n1. The molecule has 1 atom stereocenters. The van der Waals surface area contributed by atoms with Gasteiger partial charge in [-0.15, -0.1) is 11.3 Å². The third-order valence-corrected chi connectivity index (χ3v) is 5.23. The molecule has 6 nitrogen and oxygen atoms in total. The van der Waals surface area contributed by atoms with Gasteiger partial charge in [0.25, 0.3) is 5.91 Å². The minimum absolute atomic E-state index is 0.0247. The highest BCUT2D eigenvalue weighted by molar-refractivity contribution is 7.90. The molecule has 1 aromatic rings. The Kier molecular flexibility index (Phi) is 5.45. The molecule has 0 aliphatic rings. The Hall–Kier alpha value is -0.990. The van der Waals surface area contributed by atoms with Crippen molar-refractivity contribution in [3.8, 4) is 0 Å². The molecule has 0 aliphatic heterocycles. The van der Waals surface area contributed by atoms with Crippen LogP contribution in [0.25, 0.3) is 0 Å². The van der Waals surface area contributed by atoms with Gasteiger partial charge >= 0.3 is 0 Å². The predicted octanol–water partition coefficient (Wildman–Crippen LogP) is 1.36. The number of hydrogen-bond donors (Lipinski definition) is 1. The maximum Gasteiger partial charge on any atom is 0.284 e. The number of hydrogen-bond acceptors (Lipinski definition) is 6. The molecule has 1 amide bonds. The highest BCUT2D eigenvalue weighted by Gasteiger charge is 2.24. The molecule has 0 bridgehead atoms. The molecule has 0 radical (unpaired) electrons. The predicted molar refractivity (Wildman–Crippen MR) is 73.9 cm³/mol. The Balaban J connectivity index is 2.79. The normalized spacial score (nSPS) is 13.5. The third kappa shape index (κ3) is 4.26. The summed E-state index contributed by atoms with van der Waals surface area (Å²) in [6.45, 7) is 5.41. The zero-order chi connectivity index (χ0) is 14.6. The highest BCUT2D eigenvalue weighted by atomic mass is 32.2. The van der Waals surface area contributed by atoms with E-state index in [-0.39, 0.29) is 18.2 Å². The second-order valence-corrected chi connectivity index (χ2v) is 7.46. The summed E-state index contributed by atoms with van der Waals surface area (Å²) in [6, 6.07) is 0. The number of amides is 1. The van der Waals surface area contributed by atoms with Crippen LogP contribution < -0.4 is 4.72 Å². The van der Waals surface area contributed by atoms with Gasteiger partial charge in [-0.2, -0.15) is 0 Å². The maximum absolute atomic E-state index is 11.8. The zero-order valence-electron chi connectivity index (χ0n) is 11.3. The molecule has 19 heavy (non-hydrogen) atoms. The van der Waals surface area contributed by atoms with E-state index >= 15 is 0 Å². The number of methoxy groups -OCH3 is 1. The number of thiazole rings is 1. The van der Waals surface area contributed by atoms with Gasteiger partial charge in [-0.25, -0.2) is 18.1 Å². The van der Waals surface area contributed by atoms with Crippen molar-refractivity contribution in [2.24, 2.45) is 0 Å². The second-order valence-electron chi connectivity index (χ2n) is 4.47. The smallest absolute Gasteiger partial charge is 0.284 e. The van der Waals surface area contributed by atoms with Crippen molar-refractivity contribution in [3.05, 3.63) is 16.1 Å². The fraction of sp³-hybridized carbons (Fsp3) is 0.636. The van der Waals surface area contributed by atoms with E-state index in [0.29, 0.717) is 0 Å². The Morgan fingerprint density at radius 2 is 2.11 bits per heavy atom. The molecule has 1 rings (SSSR count). The van der Waals surface area contributed by atoms with Crippen LogP contribution in [0.15, 0.2) is 5.38 Å². The van der Waals surface area contributed by atoms with E-state index in [0.717, 1.165) is 5.01 Å². The Bertz CT molecular complexity index is 537. The van der Waals surface area contributed by atoms with Crippen LogP contribution >= 0.6 is 11.3 Å². The molecule has 0 saturated heterocycles. The van der Waals surface area contributed by atoms with Crippen molar-refractivity contribution in [1.82, 2.24) is 9.71 Å². The van der Waals surface area contributed by atoms with Crippen molar-refractivity contribution < 1.29 is 17.9 Å². The average molecular weight is 306 g/mol. The molecule has 1 aromatic heterocycles. The van der Waals surface area contributed by atoms with E-state index in [1.807, 2.05) is 18.6 Å². The van der Waals surface area contributed by atoms with Gasteiger partial charge in [-0.05, 0) is 6.92 Å². The molecule has 0 aromatic carbocycles. The van der Waals surface area contributed by atoms with Crippen LogP contribution in [0.4, 0.5) is 0 Å². The minimum Gasteiger partial charge on any atom is -0.383 e. The topological polar surface area (TPSA) is 85.4 Å². The summed E-state index contributed by atoms with van der Waals surface area (Å²) in [5.41, 5.74) is 0.127. The van der Waals surface area contributed by atoms with Gasteiger partial charge in [0.05, 0.1) is 11.6 Å². The first-order valence-electron chi connectivity index (χ1n) is 5.78. The van der Waals surface area contributed by atoms with Crippen molar-refractivity contribution in [2.75, 3.05) is 13.7 Å². The number of rotatable bonds is 6. The van der Waals surface area contributed by atoms with E-state index in [1.54, 1.807) is 5.38 Å². The summed E-state index contributed by atoms with van der Waals surface area (Å²) in [7, 11) is -2.33. The lowest BCUT2D eigenvalue weighted by molar-refractivity contribution is 0.0976. The lowest BCUT2D eigenvalue weighted by atomic mass is 10.2. The van der Waals surface area contributed by atoms with Gasteiger partial charge < -0.3 is 4.74 Å². The van der Waals surface area contributed by atoms with Crippen LogP contribution in [-0.4, -0.2) is 38.3 Å². The molecule has 1 heterocycles. The van der Waals surface area contributed by atoms with Crippen molar-refractivity contribution in [1.29, 1.82) is 0 Å². The number of ether oxygens (including phenoxy) is 1. The van der Waals surface area contributed by atoms with Crippen LogP contribution in [0, 0.1) is 0 Å². The number of sulfonamides is 1. The summed E-state index contributed by atoms with van der Waals surface area (Å²) in [5.74, 6) is -0.498. The molecule has 0 aliphatic carbocycles. The standard InChI is InChI=1S/C11H18N2O4S2/c1-7(2)11-12-9(6-18-11)10(14)13-19(15,16)8(3)5-17-4/h6-8H,5H2,1-4H3,(H,13,14)/t8-/m0/s1. The summed E-state index contributed by atoms with van der Waals surface area (Å²) in [4.78, 5) is 15.9. The fourth-order valence-corrected chi connectivity index (χ4v) is 2.96. The van der Waals surface area contributed by atoms with E-state index < -0.39 is 21.2 Å². The lowest BCUT2D eigenvalue weighted by Gasteiger charge is -2.12. The number of carbonyl (C=O) groups excluding carboxylic acids is 1. The first-order valence-corrected chi connectivity index (χ1v) is 8.20. The van der Waals surface area contributed by atoms with Crippen LogP contribution in [0.3, 0.4) is 0 Å². The summed E-state index contributed by atoms with van der Waals surface area (Å²) >= 11 is 1.34. The van der Waals surface area contributed by atoms with Gasteiger partial charge in [0, 0.05) is 18.4 Å². The Labute approximate surface area is 117 Å². The molecule has 1 N–H and O–H groups in total. The van der Waals surface area contributed by atoms with Gasteiger partial charge in [0.1, 0.15) is 10.9 Å². The quantitative estimate of drug-likeness (QED) is 0.857. The highest BCUT2D eigenvalue weighted by Crippen LogP contribution is 2.19. The Morgan fingerprint density at radius 1 is 1.47 bits per heavy atom. The number of carbonyl (C=O) groups is 1. The third-order valence-electron chi connectivity index (χ3n) is 2.41. The summed E-state index contributed by atoms with van der Waals surface area (Å²) < 4.78 is 30.4. The first-order chi connectivity index (χ1) is 8.77. The van der Waals surface area contributed by atoms with Gasteiger partial charge in [-0.3, -0.25) is 4.79 Å². The van der Waals surface area contributed by atoms with Crippen LogP contribution in [0.1, 0.15) is 42.2 Å². The van der Waals surface area contributed by atoms with Crippen molar-refractivity contribution in [3.63, 3.8) is 0 Å². The van der Waals surface area contributed by atoms with Gasteiger partial charge in [0.15, 0.2) is 0 Å². The van der Waals surface area contributed by atoms with Gasteiger partial charge in [-0.1, -0.05) is 13.8 Å². The fourth-order valence-electron chi connectivity index (χ4n) is 1.26. The van der Waals surface area contributed by atoms with Crippen LogP contribution in [0.2, 0.25) is 0 Å². The number of nitrogens with one attached hydrogen (secondary N) is 1. The molecule has 0 unspecified atom stereocenters. The molecule has 0 fully saturated rings. The molecule has 8 heteroatoms. The molecule has 0 saturated carbocycles. The van der Waals surface area contributed by atoms with E-state index in [1.165, 1.54) is 25.4 Å². The molecule has 108 valence electrons. The number of nitrogens with zero attached hydrogens (tertiary/aromatic N) is 1. The van der Waals surface area contributed by atoms with Crippen molar-refractivity contribution >= 4 is 27.3 Å². The lowest BCUT2D eigenvalue weighted by Crippen LogP contribution is -2.39. The minimum atomic E-state index is -3.74. The maximum atomic E-state index is 11.8. The van der Waals surface area contributed by atoms with E-state index in [4.69, 9.17) is 4.74 Å². The van der Waals surface area contributed by atoms with Crippen molar-refractivity contribution in [2.45, 2.75) is 31.9 Å². The number of aromatic nitrogens is 1. The van der Waals surface area contributed by atoms with E-state index in [2.05, 4.69) is 4.98 Å². The Morgan fingerprint density at radius 3 is 2.58 bits per heavy atom. The first kappa shape index (κ1) is 16.1. The molecular weight excluding hydrogens is 288 g/mol. The summed E-state index contributed by atoms with van der Waals surface area (Å²) in [5, 5.41) is 1.55. The average Bonchev–Trinajstić information content (AvgIpc) is 2.78. The van der Waals surface area contributed by atoms with Crippen LogP contribution in [0.5, 0.6) is 0 Å². The second kappa shape index (κ2) is 6.44. The molecule has 0 spiro atoms. The summed E-state index contributed by atoms with van der Waals surface area (Å²) in [6.07, 6.45) is 0. The van der Waals surface area contributed by atoms with Gasteiger partial charge in [0.2, 0.25) is 10.0 Å². The van der Waals surface area contributed by atoms with E-state index in [9.17, 15) is 13.2 Å². The monoisotopic (exact) mass is 306 g/mol.